The lowest BCUT2D eigenvalue weighted by molar-refractivity contribution is 0.0192. The molecule has 1 atom stereocenters. The Labute approximate surface area is 203 Å². The van der Waals surface area contributed by atoms with Crippen molar-refractivity contribution in [2.75, 3.05) is 39.3 Å². The van der Waals surface area contributed by atoms with E-state index in [2.05, 4.69) is 41.9 Å². The van der Waals surface area contributed by atoms with Crippen LogP contribution in [-0.2, 0) is 0 Å². The second-order valence-electron chi connectivity index (χ2n) is 10.3. The highest BCUT2D eigenvalue weighted by Gasteiger charge is 2.40. The van der Waals surface area contributed by atoms with Crippen LogP contribution in [0, 0.1) is 11.3 Å². The SMILES string of the molecule is CCC(CC)c1nc(C(=O)N2CCCC3(CCN(CC4C=C(CCO)C=CC4)CC3)C2)cs1. The molecule has 5 nitrogen and oxygen atoms in total. The van der Waals surface area contributed by atoms with E-state index >= 15 is 0 Å². The Morgan fingerprint density at radius 2 is 2.03 bits per heavy atom. The first-order valence-electron chi connectivity index (χ1n) is 13.0. The van der Waals surface area contributed by atoms with Crippen LogP contribution in [0.25, 0.3) is 0 Å². The molecule has 0 aromatic carbocycles. The van der Waals surface area contributed by atoms with Crippen LogP contribution in [0.1, 0.15) is 86.6 Å². The van der Waals surface area contributed by atoms with Crippen LogP contribution in [0.5, 0.6) is 0 Å². The molecule has 1 aromatic rings. The van der Waals surface area contributed by atoms with Crippen molar-refractivity contribution in [1.29, 1.82) is 0 Å². The molecule has 3 aliphatic rings. The van der Waals surface area contributed by atoms with Crippen molar-refractivity contribution in [3.05, 3.63) is 39.9 Å². The molecular formula is C27H41N3O2S. The van der Waals surface area contributed by atoms with E-state index in [0.717, 1.165) is 69.8 Å². The van der Waals surface area contributed by atoms with Gasteiger partial charge in [-0.05, 0) is 81.4 Å². The zero-order valence-electron chi connectivity index (χ0n) is 20.5. The summed E-state index contributed by atoms with van der Waals surface area (Å²) in [7, 11) is 0. The van der Waals surface area contributed by atoms with Crippen molar-refractivity contribution in [1.82, 2.24) is 14.8 Å². The minimum absolute atomic E-state index is 0.139. The molecule has 1 spiro atoms. The summed E-state index contributed by atoms with van der Waals surface area (Å²) >= 11 is 1.66. The molecule has 2 aliphatic heterocycles. The third kappa shape index (κ3) is 5.95. The van der Waals surface area contributed by atoms with Gasteiger partial charge < -0.3 is 14.9 Å². The fourth-order valence-electron chi connectivity index (χ4n) is 5.95. The largest absolute Gasteiger partial charge is 0.396 e. The van der Waals surface area contributed by atoms with Gasteiger partial charge in [0.25, 0.3) is 5.91 Å². The Hall–Kier alpha value is -1.50. The van der Waals surface area contributed by atoms with E-state index < -0.39 is 0 Å². The number of hydrogen-bond acceptors (Lipinski definition) is 5. The summed E-state index contributed by atoms with van der Waals surface area (Å²) in [6.07, 6.45) is 15.5. The van der Waals surface area contributed by atoms with Gasteiger partial charge in [-0.15, -0.1) is 11.3 Å². The zero-order chi connectivity index (χ0) is 23.3. The van der Waals surface area contributed by atoms with Crippen molar-refractivity contribution in [3.63, 3.8) is 0 Å². The quantitative estimate of drug-likeness (QED) is 0.563. The molecule has 6 heteroatoms. The number of carbonyl (C=O) groups excluding carboxylic acids is 1. The number of nitrogens with zero attached hydrogens (tertiary/aromatic N) is 3. The van der Waals surface area contributed by atoms with E-state index in [4.69, 9.17) is 4.98 Å². The highest BCUT2D eigenvalue weighted by molar-refractivity contribution is 7.09. The summed E-state index contributed by atoms with van der Waals surface area (Å²) in [6.45, 7) is 9.75. The molecule has 33 heavy (non-hydrogen) atoms. The van der Waals surface area contributed by atoms with E-state index in [1.165, 1.54) is 24.8 Å². The maximum Gasteiger partial charge on any atom is 0.273 e. The number of aromatic nitrogens is 1. The first kappa shape index (κ1) is 24.6. The summed E-state index contributed by atoms with van der Waals surface area (Å²) in [6, 6.07) is 0. The molecule has 1 N–H and O–H groups in total. The van der Waals surface area contributed by atoms with Gasteiger partial charge in [-0.1, -0.05) is 32.1 Å². The Morgan fingerprint density at radius 1 is 1.24 bits per heavy atom. The predicted molar refractivity (Wildman–Crippen MR) is 136 cm³/mol. The molecule has 1 aliphatic carbocycles. The smallest absolute Gasteiger partial charge is 0.273 e. The maximum absolute atomic E-state index is 13.3. The van der Waals surface area contributed by atoms with Crippen LogP contribution in [0.4, 0.5) is 0 Å². The zero-order valence-corrected chi connectivity index (χ0v) is 21.3. The van der Waals surface area contributed by atoms with Crippen LogP contribution < -0.4 is 0 Å². The average molecular weight is 472 g/mol. The van der Waals surface area contributed by atoms with Gasteiger partial charge in [0.15, 0.2) is 0 Å². The van der Waals surface area contributed by atoms with E-state index in [0.29, 0.717) is 17.5 Å². The van der Waals surface area contributed by atoms with Gasteiger partial charge in [0, 0.05) is 37.5 Å². The monoisotopic (exact) mass is 471 g/mol. The molecule has 2 fully saturated rings. The molecule has 3 heterocycles. The second-order valence-corrected chi connectivity index (χ2v) is 11.2. The van der Waals surface area contributed by atoms with Crippen LogP contribution >= 0.6 is 11.3 Å². The van der Waals surface area contributed by atoms with E-state index in [-0.39, 0.29) is 17.9 Å². The summed E-state index contributed by atoms with van der Waals surface area (Å²) in [5.41, 5.74) is 2.22. The summed E-state index contributed by atoms with van der Waals surface area (Å²) < 4.78 is 0. The normalized spacial score (nSPS) is 23.3. The summed E-state index contributed by atoms with van der Waals surface area (Å²) in [5, 5.41) is 12.3. The van der Waals surface area contributed by atoms with E-state index in [9.17, 15) is 9.90 Å². The van der Waals surface area contributed by atoms with Gasteiger partial charge in [0.1, 0.15) is 5.69 Å². The number of amides is 1. The number of rotatable bonds is 8. The Balaban J connectivity index is 1.31. The van der Waals surface area contributed by atoms with Crippen molar-refractivity contribution in [3.8, 4) is 0 Å². The van der Waals surface area contributed by atoms with Gasteiger partial charge >= 0.3 is 0 Å². The van der Waals surface area contributed by atoms with E-state index in [1.54, 1.807) is 11.3 Å². The van der Waals surface area contributed by atoms with Gasteiger partial charge in [0.05, 0.1) is 5.01 Å². The van der Waals surface area contributed by atoms with Crippen LogP contribution in [0.15, 0.2) is 29.2 Å². The highest BCUT2D eigenvalue weighted by atomic mass is 32.1. The minimum atomic E-state index is 0.139. The molecule has 2 saturated heterocycles. The first-order chi connectivity index (χ1) is 16.1. The second kappa shape index (κ2) is 11.3. The molecule has 0 bridgehead atoms. The van der Waals surface area contributed by atoms with Crippen LogP contribution in [0.2, 0.25) is 0 Å². The number of hydrogen-bond donors (Lipinski definition) is 1. The van der Waals surface area contributed by atoms with Crippen LogP contribution in [-0.4, -0.2) is 65.1 Å². The fraction of sp³-hybridized carbons (Fsp3) is 0.704. The fourth-order valence-corrected chi connectivity index (χ4v) is 7.01. The number of aliphatic hydroxyl groups is 1. The van der Waals surface area contributed by atoms with Gasteiger partial charge in [-0.25, -0.2) is 4.98 Å². The molecule has 0 radical (unpaired) electrons. The van der Waals surface area contributed by atoms with Crippen molar-refractivity contribution < 1.29 is 9.90 Å². The van der Waals surface area contributed by atoms with Crippen LogP contribution in [0.3, 0.4) is 0 Å². The third-order valence-electron chi connectivity index (χ3n) is 8.05. The van der Waals surface area contributed by atoms with Gasteiger partial charge in [-0.2, -0.15) is 0 Å². The number of thiazole rings is 1. The Bertz CT molecular complexity index is 849. The average Bonchev–Trinajstić information content (AvgIpc) is 3.32. The number of piperidine rings is 2. The lowest BCUT2D eigenvalue weighted by atomic mass is 9.72. The third-order valence-corrected chi connectivity index (χ3v) is 9.06. The predicted octanol–water partition coefficient (Wildman–Crippen LogP) is 5.25. The minimum Gasteiger partial charge on any atom is -0.396 e. The molecule has 1 amide bonds. The highest BCUT2D eigenvalue weighted by Crippen LogP contribution is 2.40. The number of aliphatic hydroxyl groups excluding tert-OH is 1. The number of allylic oxidation sites excluding steroid dienone is 2. The van der Waals surface area contributed by atoms with Crippen molar-refractivity contribution >= 4 is 17.2 Å². The lowest BCUT2D eigenvalue weighted by Crippen LogP contribution is -2.51. The molecule has 0 saturated carbocycles. The molecule has 1 unspecified atom stereocenters. The Kier molecular flexibility index (Phi) is 8.42. The van der Waals surface area contributed by atoms with Gasteiger partial charge in [-0.3, -0.25) is 4.79 Å². The number of likely N-dealkylation sites (tertiary alicyclic amines) is 2. The summed E-state index contributed by atoms with van der Waals surface area (Å²) in [5.74, 6) is 1.17. The number of carbonyl (C=O) groups is 1. The molecule has 182 valence electrons. The topological polar surface area (TPSA) is 56.7 Å². The van der Waals surface area contributed by atoms with Crippen molar-refractivity contribution in [2.24, 2.45) is 11.3 Å². The van der Waals surface area contributed by atoms with Crippen molar-refractivity contribution in [2.45, 2.75) is 71.1 Å². The first-order valence-corrected chi connectivity index (χ1v) is 13.9. The standard InChI is InChI=1S/C27H41N3O2S/c1-3-23(4-2)25-28-24(19-33-25)26(32)30-13-6-10-27(20-30)11-14-29(15-12-27)18-22-8-5-7-21(17-22)9-16-31/h5,7,17,19,22-23,31H,3-4,6,8-16,18,20H2,1-2H3. The molecular weight excluding hydrogens is 430 g/mol. The molecule has 4 rings (SSSR count). The summed E-state index contributed by atoms with van der Waals surface area (Å²) in [4.78, 5) is 22.7. The molecule has 1 aromatic heterocycles. The van der Waals surface area contributed by atoms with E-state index in [1.807, 2.05) is 5.38 Å². The Morgan fingerprint density at radius 3 is 2.76 bits per heavy atom. The lowest BCUT2D eigenvalue weighted by Gasteiger charge is -2.48. The maximum atomic E-state index is 13.3. The van der Waals surface area contributed by atoms with Gasteiger partial charge in [0.2, 0.25) is 0 Å².